The maximum atomic E-state index is 14.2. The number of H-pyrrole nitrogens is 1. The summed E-state index contributed by atoms with van der Waals surface area (Å²) in [5.74, 6) is 0.978. The summed E-state index contributed by atoms with van der Waals surface area (Å²) < 4.78 is 20.7. The minimum atomic E-state index is -0.680. The fraction of sp³-hybridized carbons (Fsp3) is 0.600. The average Bonchev–Trinajstić information content (AvgIpc) is 3.43. The first-order chi connectivity index (χ1) is 20.5. The Morgan fingerprint density at radius 2 is 1.91 bits per heavy atom. The fourth-order valence-corrected chi connectivity index (χ4v) is 6.72. The minimum absolute atomic E-state index is 0.0224. The summed E-state index contributed by atoms with van der Waals surface area (Å²) in [6.07, 6.45) is 2.63. The molecular formula is C35H52FN5O2. The van der Waals surface area contributed by atoms with Crippen LogP contribution in [0.25, 0.3) is 11.0 Å². The van der Waals surface area contributed by atoms with Crippen molar-refractivity contribution in [2.75, 3.05) is 46.3 Å². The number of carbonyl (C=O) groups excluding carboxylic acids is 1. The van der Waals surface area contributed by atoms with Crippen LogP contribution in [0.15, 0.2) is 42.5 Å². The summed E-state index contributed by atoms with van der Waals surface area (Å²) in [6, 6.07) is 13.3. The number of benzene rings is 2. The van der Waals surface area contributed by atoms with Crippen LogP contribution in [-0.2, 0) is 16.6 Å². The van der Waals surface area contributed by atoms with Gasteiger partial charge in [0, 0.05) is 37.4 Å². The molecule has 2 unspecified atom stereocenters. The summed E-state index contributed by atoms with van der Waals surface area (Å²) in [5.41, 5.74) is 3.38. The second-order valence-corrected chi connectivity index (χ2v) is 13.3. The monoisotopic (exact) mass is 593 g/mol. The van der Waals surface area contributed by atoms with Crippen molar-refractivity contribution < 1.29 is 13.9 Å². The summed E-state index contributed by atoms with van der Waals surface area (Å²) in [4.78, 5) is 26.3. The number of likely N-dealkylation sites (N-methyl/N-ethyl adjacent to an activating group) is 1. The number of imidazole rings is 1. The summed E-state index contributed by atoms with van der Waals surface area (Å²) in [5, 5.41) is 3.02. The van der Waals surface area contributed by atoms with E-state index in [-0.39, 0.29) is 29.2 Å². The third-order valence-electron chi connectivity index (χ3n) is 9.44. The summed E-state index contributed by atoms with van der Waals surface area (Å²) >= 11 is 0. The fourth-order valence-electron chi connectivity index (χ4n) is 6.72. The van der Waals surface area contributed by atoms with E-state index in [1.54, 1.807) is 12.1 Å². The number of fused-ring (bicyclic) bond motifs is 2. The molecule has 1 heterocycles. The van der Waals surface area contributed by atoms with E-state index in [1.807, 2.05) is 24.3 Å². The number of halogens is 1. The van der Waals surface area contributed by atoms with Crippen molar-refractivity contribution in [1.29, 1.82) is 0 Å². The van der Waals surface area contributed by atoms with Gasteiger partial charge in [-0.3, -0.25) is 0 Å². The van der Waals surface area contributed by atoms with E-state index in [4.69, 9.17) is 9.72 Å². The SMILES string of the molecule is CCN(CC)CCNC(=O)OC1(CCN(C)CCC(C)(C)c2nc3ccccc3[nH]2)CCc2cc(F)ccc2C1C(C)C. The van der Waals surface area contributed by atoms with Crippen LogP contribution in [0.2, 0.25) is 0 Å². The maximum Gasteiger partial charge on any atom is 0.407 e. The lowest BCUT2D eigenvalue weighted by Gasteiger charge is -2.47. The van der Waals surface area contributed by atoms with Crippen LogP contribution in [0.4, 0.5) is 9.18 Å². The van der Waals surface area contributed by atoms with Gasteiger partial charge in [-0.15, -0.1) is 0 Å². The van der Waals surface area contributed by atoms with Gasteiger partial charge in [0.1, 0.15) is 17.2 Å². The Labute approximate surface area is 257 Å². The molecule has 1 aliphatic carbocycles. The molecule has 0 radical (unpaired) electrons. The zero-order valence-corrected chi connectivity index (χ0v) is 27.3. The number of para-hydroxylation sites is 2. The molecule has 43 heavy (non-hydrogen) atoms. The van der Waals surface area contributed by atoms with Gasteiger partial charge in [0.05, 0.1) is 11.0 Å². The molecular weight excluding hydrogens is 541 g/mol. The number of ether oxygens (including phenoxy) is 1. The second kappa shape index (κ2) is 14.2. The number of nitrogens with one attached hydrogen (secondary N) is 2. The zero-order valence-electron chi connectivity index (χ0n) is 27.3. The molecule has 2 atom stereocenters. The lowest BCUT2D eigenvalue weighted by molar-refractivity contribution is -0.0444. The quantitative estimate of drug-likeness (QED) is 0.213. The van der Waals surface area contributed by atoms with Crippen molar-refractivity contribution in [2.24, 2.45) is 5.92 Å². The highest BCUT2D eigenvalue weighted by molar-refractivity contribution is 5.75. The van der Waals surface area contributed by atoms with Gasteiger partial charge < -0.3 is 24.8 Å². The highest BCUT2D eigenvalue weighted by atomic mass is 19.1. The van der Waals surface area contributed by atoms with Gasteiger partial charge in [-0.25, -0.2) is 14.2 Å². The smallest absolute Gasteiger partial charge is 0.407 e. The molecule has 0 bridgehead atoms. The van der Waals surface area contributed by atoms with Gasteiger partial charge in [0.25, 0.3) is 0 Å². The molecule has 0 spiro atoms. The van der Waals surface area contributed by atoms with E-state index in [2.05, 4.69) is 74.8 Å². The maximum absolute atomic E-state index is 14.2. The predicted molar refractivity (Wildman–Crippen MR) is 173 cm³/mol. The minimum Gasteiger partial charge on any atom is -0.442 e. The normalized spacial score (nSPS) is 18.9. The topological polar surface area (TPSA) is 73.5 Å². The summed E-state index contributed by atoms with van der Waals surface area (Å²) in [7, 11) is 2.14. The van der Waals surface area contributed by atoms with Gasteiger partial charge in [-0.05, 0) is 87.3 Å². The van der Waals surface area contributed by atoms with Crippen LogP contribution >= 0.6 is 0 Å². The third-order valence-corrected chi connectivity index (χ3v) is 9.44. The predicted octanol–water partition coefficient (Wildman–Crippen LogP) is 6.88. The number of hydrogen-bond acceptors (Lipinski definition) is 5. The van der Waals surface area contributed by atoms with E-state index in [0.717, 1.165) is 67.1 Å². The Kier molecular flexibility index (Phi) is 10.9. The Morgan fingerprint density at radius 3 is 2.60 bits per heavy atom. The van der Waals surface area contributed by atoms with E-state index in [0.29, 0.717) is 25.8 Å². The number of rotatable bonds is 14. The molecule has 1 aromatic heterocycles. The van der Waals surface area contributed by atoms with Crippen molar-refractivity contribution in [3.63, 3.8) is 0 Å². The molecule has 7 nitrogen and oxygen atoms in total. The molecule has 0 aliphatic heterocycles. The van der Waals surface area contributed by atoms with Gasteiger partial charge in [0.2, 0.25) is 0 Å². The number of aromatic nitrogens is 2. The first kappa shape index (κ1) is 32.9. The van der Waals surface area contributed by atoms with Gasteiger partial charge >= 0.3 is 6.09 Å². The molecule has 4 rings (SSSR count). The molecule has 1 aliphatic rings. The molecule has 2 aromatic carbocycles. The highest BCUT2D eigenvalue weighted by Gasteiger charge is 2.48. The molecule has 1 amide bonds. The van der Waals surface area contributed by atoms with Crippen LogP contribution in [0.1, 0.15) is 83.7 Å². The number of amides is 1. The number of alkyl carbamates (subject to hydrolysis) is 1. The molecule has 236 valence electrons. The number of aryl methyl sites for hydroxylation is 1. The third kappa shape index (κ3) is 7.95. The van der Waals surface area contributed by atoms with Crippen LogP contribution < -0.4 is 5.32 Å². The molecule has 3 aromatic rings. The van der Waals surface area contributed by atoms with Crippen LogP contribution in [0.5, 0.6) is 0 Å². The van der Waals surface area contributed by atoms with Crippen molar-refractivity contribution >= 4 is 17.1 Å². The molecule has 2 N–H and O–H groups in total. The number of hydrogen-bond donors (Lipinski definition) is 2. The largest absolute Gasteiger partial charge is 0.442 e. The van der Waals surface area contributed by atoms with E-state index in [1.165, 1.54) is 0 Å². The first-order valence-electron chi connectivity index (χ1n) is 16.1. The lowest BCUT2D eigenvalue weighted by atomic mass is 9.65. The Balaban J connectivity index is 1.48. The standard InChI is InChI=1S/C35H52FN5O2/c1-8-41(9-2)23-20-37-33(42)43-35(17-16-26-24-27(36)14-15-28(26)31(35)25(3)4)19-22-40(7)21-18-34(5,6)32-38-29-12-10-11-13-30(29)39-32/h10-15,24-25,31H,8-9,16-23H2,1-7H3,(H,37,42)(H,38,39). The van der Waals surface area contributed by atoms with Gasteiger partial charge in [0.15, 0.2) is 0 Å². The Bertz CT molecular complexity index is 1320. The van der Waals surface area contributed by atoms with Crippen molar-refractivity contribution in [3.05, 3.63) is 65.2 Å². The van der Waals surface area contributed by atoms with E-state index >= 15 is 0 Å². The lowest BCUT2D eigenvalue weighted by Crippen LogP contribution is -2.50. The average molecular weight is 594 g/mol. The van der Waals surface area contributed by atoms with Crippen LogP contribution in [-0.4, -0.2) is 77.8 Å². The Hall–Kier alpha value is -2.97. The number of carbonyl (C=O) groups is 1. The Morgan fingerprint density at radius 1 is 1.16 bits per heavy atom. The van der Waals surface area contributed by atoms with E-state index in [9.17, 15) is 9.18 Å². The van der Waals surface area contributed by atoms with Crippen molar-refractivity contribution in [1.82, 2.24) is 25.1 Å². The van der Waals surface area contributed by atoms with Gasteiger partial charge in [-0.1, -0.05) is 59.7 Å². The molecule has 0 fully saturated rings. The second-order valence-electron chi connectivity index (χ2n) is 13.3. The zero-order chi connectivity index (χ0) is 31.2. The van der Waals surface area contributed by atoms with Crippen molar-refractivity contribution in [2.45, 2.75) is 84.2 Å². The van der Waals surface area contributed by atoms with Crippen molar-refractivity contribution in [3.8, 4) is 0 Å². The van der Waals surface area contributed by atoms with Gasteiger partial charge in [-0.2, -0.15) is 0 Å². The highest BCUT2D eigenvalue weighted by Crippen LogP contribution is 2.48. The number of aromatic amines is 1. The molecule has 8 heteroatoms. The molecule has 0 saturated heterocycles. The first-order valence-corrected chi connectivity index (χ1v) is 16.1. The number of nitrogens with zero attached hydrogens (tertiary/aromatic N) is 3. The van der Waals surface area contributed by atoms with Crippen LogP contribution in [0, 0.1) is 11.7 Å². The van der Waals surface area contributed by atoms with Crippen LogP contribution in [0.3, 0.4) is 0 Å². The summed E-state index contributed by atoms with van der Waals surface area (Å²) in [6.45, 7) is 18.0. The molecule has 0 saturated carbocycles. The van der Waals surface area contributed by atoms with E-state index < -0.39 is 5.60 Å².